The highest BCUT2D eigenvalue weighted by Gasteiger charge is 2.49. The van der Waals surface area contributed by atoms with E-state index in [4.69, 9.17) is 21.1 Å². The predicted molar refractivity (Wildman–Crippen MR) is 303 cm³/mol. The van der Waals surface area contributed by atoms with Crippen LogP contribution < -0.4 is 14.9 Å². The highest BCUT2D eigenvalue weighted by molar-refractivity contribution is 7.99. The number of rotatable bonds is 18. The average molecular weight is 1170 g/mol. The molecule has 9 rings (SSSR count). The number of halogens is 4. The molecule has 4 heterocycles. The summed E-state index contributed by atoms with van der Waals surface area (Å²) in [6.45, 7) is 17.4. The summed E-state index contributed by atoms with van der Waals surface area (Å²) >= 11 is 7.78. The number of thioether (sulfide) groups is 1. The minimum atomic E-state index is -6.08. The number of sulfonamides is 1. The second-order valence-electron chi connectivity index (χ2n) is 22.8. The fourth-order valence-electron chi connectivity index (χ4n) is 11.4. The van der Waals surface area contributed by atoms with Crippen LogP contribution in [0.3, 0.4) is 0 Å². The number of nitrogens with zero attached hydrogens (tertiary/aromatic N) is 5. The molecule has 4 saturated heterocycles. The highest BCUT2D eigenvalue weighted by atomic mass is 35.5. The Hall–Kier alpha value is -4.87. The number of benzene rings is 4. The van der Waals surface area contributed by atoms with Gasteiger partial charge in [-0.2, -0.15) is 13.2 Å². The molecule has 79 heavy (non-hydrogen) atoms. The van der Waals surface area contributed by atoms with Gasteiger partial charge in [-0.25, -0.2) is 26.4 Å². The van der Waals surface area contributed by atoms with E-state index in [0.29, 0.717) is 62.6 Å². The Balaban J connectivity index is 0.830. The Morgan fingerprint density at radius 2 is 1.56 bits per heavy atom. The SMILES string of the molecule is CC1(CN2CCN(C(=O)OC(C)(C)C)CC2)CCC(c2ccc(Cl)cc2)=C(CN2CCN(c3ccc(C(=O)NS(=O)(=O)c4ccc(N[C@H](CCN5C[C@@H]6C[C@H]5CO6)CSc5ccccc5)c(S(=O)(=O)C(F)(F)F)c4)cc3)CC2)C1. The number of carbonyl (C=O) groups is 2. The number of hydrogen-bond acceptors (Lipinski definition) is 14. The van der Waals surface area contributed by atoms with E-state index in [1.807, 2.05) is 68.0 Å². The Labute approximate surface area is 472 Å². The molecule has 4 fully saturated rings. The second kappa shape index (κ2) is 24.3. The van der Waals surface area contributed by atoms with E-state index in [1.165, 1.54) is 40.6 Å². The first kappa shape index (κ1) is 58.8. The molecule has 4 aliphatic heterocycles. The summed E-state index contributed by atoms with van der Waals surface area (Å²) < 4.78 is 110. The lowest BCUT2D eigenvalue weighted by atomic mass is 9.71. The van der Waals surface area contributed by atoms with E-state index in [0.717, 1.165) is 94.2 Å². The van der Waals surface area contributed by atoms with Gasteiger partial charge in [0.1, 0.15) is 10.5 Å². The molecule has 2 bridgehead atoms. The third-order valence-corrected chi connectivity index (χ3v) is 19.8. The Morgan fingerprint density at radius 1 is 0.873 bits per heavy atom. The molecule has 0 aromatic heterocycles. The van der Waals surface area contributed by atoms with Gasteiger partial charge in [0, 0.05) is 118 Å². The molecule has 1 aliphatic carbocycles. The van der Waals surface area contributed by atoms with Crippen molar-refractivity contribution in [3.63, 3.8) is 0 Å². The molecule has 4 aromatic carbocycles. The van der Waals surface area contributed by atoms with Gasteiger partial charge in [0.05, 0.1) is 23.3 Å². The zero-order valence-electron chi connectivity index (χ0n) is 45.1. The van der Waals surface area contributed by atoms with Crippen LogP contribution in [0.2, 0.25) is 5.02 Å². The molecule has 4 aromatic rings. The maximum Gasteiger partial charge on any atom is 0.501 e. The quantitative estimate of drug-likeness (QED) is 0.0907. The topological polar surface area (TPSA) is 161 Å². The lowest BCUT2D eigenvalue weighted by Crippen LogP contribution is -2.52. The number of alkyl halides is 3. The zero-order valence-corrected chi connectivity index (χ0v) is 48.3. The third kappa shape index (κ3) is 14.8. The summed E-state index contributed by atoms with van der Waals surface area (Å²) in [4.78, 5) is 36.3. The molecule has 0 radical (unpaired) electrons. The minimum absolute atomic E-state index is 0.0177. The number of carbonyl (C=O) groups excluding carboxylic acids is 2. The first-order valence-electron chi connectivity index (χ1n) is 27.0. The first-order valence-corrected chi connectivity index (χ1v) is 31.3. The van der Waals surface area contributed by atoms with Crippen molar-refractivity contribution in [2.24, 2.45) is 5.41 Å². The smallest absolute Gasteiger partial charge is 0.444 e. The number of amides is 2. The van der Waals surface area contributed by atoms with Crippen molar-refractivity contribution >= 4 is 72.2 Å². The molecule has 22 heteroatoms. The van der Waals surface area contributed by atoms with Gasteiger partial charge in [-0.1, -0.05) is 54.4 Å². The second-order valence-corrected chi connectivity index (χ2v) is 27.9. The van der Waals surface area contributed by atoms with E-state index in [-0.39, 0.29) is 29.2 Å². The van der Waals surface area contributed by atoms with Crippen LogP contribution in [0.15, 0.2) is 117 Å². The molecule has 5 aliphatic rings. The van der Waals surface area contributed by atoms with E-state index in [9.17, 15) is 39.6 Å². The van der Waals surface area contributed by atoms with Gasteiger partial charge in [0.15, 0.2) is 0 Å². The van der Waals surface area contributed by atoms with E-state index in [2.05, 4.69) is 44.0 Å². The molecule has 4 atom stereocenters. The number of allylic oxidation sites excluding steroid dienone is 1. The van der Waals surface area contributed by atoms with Crippen LogP contribution in [0.5, 0.6) is 0 Å². The molecule has 0 saturated carbocycles. The molecule has 428 valence electrons. The fourth-order valence-corrected chi connectivity index (χ4v) is 14.5. The summed E-state index contributed by atoms with van der Waals surface area (Å²) in [5.74, 6) is -0.670. The third-order valence-electron chi connectivity index (χ3n) is 15.6. The predicted octanol–water partition coefficient (Wildman–Crippen LogP) is 9.51. The van der Waals surface area contributed by atoms with Crippen molar-refractivity contribution in [2.75, 3.05) is 101 Å². The van der Waals surface area contributed by atoms with Gasteiger partial charge in [0.2, 0.25) is 0 Å². The summed E-state index contributed by atoms with van der Waals surface area (Å²) in [6, 6.07) is 26.1. The maximum absolute atomic E-state index is 14.3. The molecule has 2 N–H and O–H groups in total. The van der Waals surface area contributed by atoms with Crippen LogP contribution >= 0.6 is 23.4 Å². The molecular weight excluding hydrogens is 1100 g/mol. The number of piperazine rings is 2. The van der Waals surface area contributed by atoms with Crippen LogP contribution in [0, 0.1) is 5.41 Å². The number of sulfone groups is 1. The summed E-state index contributed by atoms with van der Waals surface area (Å²) in [5.41, 5.74) is -1.93. The Bertz CT molecular complexity index is 3060. The number of anilines is 2. The monoisotopic (exact) mass is 1170 g/mol. The largest absolute Gasteiger partial charge is 0.501 e. The van der Waals surface area contributed by atoms with Gasteiger partial charge >= 0.3 is 11.6 Å². The summed E-state index contributed by atoms with van der Waals surface area (Å²) in [6.07, 6.45) is 4.11. The van der Waals surface area contributed by atoms with Gasteiger partial charge in [-0.3, -0.25) is 19.5 Å². The van der Waals surface area contributed by atoms with Gasteiger partial charge < -0.3 is 24.6 Å². The molecular formula is C57H71ClF3N7O8S3. The maximum atomic E-state index is 14.3. The van der Waals surface area contributed by atoms with Crippen molar-refractivity contribution in [2.45, 2.75) is 104 Å². The van der Waals surface area contributed by atoms with Crippen LogP contribution in [-0.2, 0) is 29.3 Å². The minimum Gasteiger partial charge on any atom is -0.444 e. The van der Waals surface area contributed by atoms with E-state index in [1.54, 1.807) is 17.0 Å². The number of fused-ring (bicyclic) bond motifs is 2. The van der Waals surface area contributed by atoms with Gasteiger partial charge in [-0.05, 0) is 136 Å². The number of morpholine rings is 1. The molecule has 0 spiro atoms. The first-order chi connectivity index (χ1) is 37.4. The Morgan fingerprint density at radius 3 is 2.19 bits per heavy atom. The van der Waals surface area contributed by atoms with Crippen molar-refractivity contribution in [3.8, 4) is 0 Å². The number of nitrogens with one attached hydrogen (secondary N) is 2. The van der Waals surface area contributed by atoms with Crippen molar-refractivity contribution < 1.29 is 49.1 Å². The molecule has 2 amide bonds. The molecule has 1 unspecified atom stereocenters. The van der Waals surface area contributed by atoms with Crippen LogP contribution in [0.25, 0.3) is 5.57 Å². The number of hydrogen-bond donors (Lipinski definition) is 2. The van der Waals surface area contributed by atoms with E-state index >= 15 is 0 Å². The van der Waals surface area contributed by atoms with Gasteiger partial charge in [-0.15, -0.1) is 11.8 Å². The average Bonchev–Trinajstić information content (AvgIpc) is 4.24. The van der Waals surface area contributed by atoms with Crippen molar-refractivity contribution in [1.82, 2.24) is 24.3 Å². The highest BCUT2D eigenvalue weighted by Crippen LogP contribution is 2.44. The van der Waals surface area contributed by atoms with Crippen LogP contribution in [-0.4, -0.2) is 169 Å². The fraction of sp³-hybridized carbons (Fsp3) is 0.509. The lowest BCUT2D eigenvalue weighted by Gasteiger charge is -2.44. The normalized spacial score (nSPS) is 22.3. The van der Waals surface area contributed by atoms with Crippen LogP contribution in [0.1, 0.15) is 75.7 Å². The number of ether oxygens (including phenoxy) is 2. The summed E-state index contributed by atoms with van der Waals surface area (Å²) in [7, 11) is -11.0. The van der Waals surface area contributed by atoms with Gasteiger partial charge in [0.25, 0.3) is 25.8 Å². The van der Waals surface area contributed by atoms with Crippen molar-refractivity contribution in [3.05, 3.63) is 119 Å². The zero-order chi connectivity index (χ0) is 56.3. The summed E-state index contributed by atoms with van der Waals surface area (Å²) in [5, 5.41) is 3.72. The Kier molecular flexibility index (Phi) is 18.1. The molecule has 15 nitrogen and oxygen atoms in total. The lowest BCUT2D eigenvalue weighted by molar-refractivity contribution is -0.0436. The van der Waals surface area contributed by atoms with Crippen molar-refractivity contribution in [1.29, 1.82) is 0 Å². The number of likely N-dealkylation sites (tertiary alicyclic amines) is 1. The standard InChI is InChI=1S/C57H71ClF3N7O8S3/c1-55(2,3)76-54(70)67-30-26-65(27-31-67)39-56(4)22-20-50(40-10-14-43(58)15-11-40)42(34-56)35-64-24-28-66(29-25-64)45-16-12-41(13-17-45)53(69)63-79(73,74)49-18-19-51(52(33-49)78(71,72)57(59,60)61)62-44(38-77-48-8-6-5-7-9-48)21-23-68-36-47-32-46(68)37-75-47/h5-19,33,44,46-47,62H,20-32,34-39H2,1-4H3,(H,63,69)/t44-,46+,47+,56?/m1/s1. The van der Waals surface area contributed by atoms with E-state index < -0.39 is 58.4 Å². The van der Waals surface area contributed by atoms with Crippen LogP contribution in [0.4, 0.5) is 29.3 Å².